The lowest BCUT2D eigenvalue weighted by atomic mass is 10.2. The average molecular weight is 468 g/mol. The first-order valence-corrected chi connectivity index (χ1v) is 11.1. The number of ether oxygens (including phenoxy) is 1. The average Bonchev–Trinajstić information content (AvgIpc) is 2.98. The highest BCUT2D eigenvalue weighted by molar-refractivity contribution is 7.99. The number of hydrogen-bond donors (Lipinski definition) is 1. The number of imidazole rings is 1. The highest BCUT2D eigenvalue weighted by atomic mass is 35.5. The first kappa shape index (κ1) is 22.0. The molecule has 0 atom stereocenters. The van der Waals surface area contributed by atoms with Crippen molar-refractivity contribution in [2.75, 3.05) is 11.9 Å². The van der Waals surface area contributed by atoms with E-state index in [1.165, 1.54) is 11.8 Å². The van der Waals surface area contributed by atoms with Gasteiger partial charge in [0.1, 0.15) is 5.75 Å². The van der Waals surface area contributed by atoms with E-state index in [0.717, 1.165) is 26.4 Å². The molecule has 3 aromatic carbocycles. The van der Waals surface area contributed by atoms with Gasteiger partial charge in [0.15, 0.2) is 6.61 Å². The first-order chi connectivity index (χ1) is 15.3. The SMILES string of the molecule is Cc1ccccc1OCC(=O)Nc1cc2c(cc1Sc1ccccc1Cl)n(C)c(=O)n2C. The van der Waals surface area contributed by atoms with E-state index in [9.17, 15) is 9.59 Å². The van der Waals surface area contributed by atoms with E-state index < -0.39 is 0 Å². The fourth-order valence-corrected chi connectivity index (χ4v) is 4.59. The molecule has 0 aliphatic rings. The molecular weight excluding hydrogens is 446 g/mol. The quantitative estimate of drug-likeness (QED) is 0.433. The van der Waals surface area contributed by atoms with Gasteiger partial charge in [-0.15, -0.1) is 0 Å². The van der Waals surface area contributed by atoms with Crippen molar-refractivity contribution >= 4 is 46.0 Å². The van der Waals surface area contributed by atoms with Gasteiger partial charge in [-0.2, -0.15) is 0 Å². The molecule has 4 aromatic rings. The van der Waals surface area contributed by atoms with Crippen LogP contribution in [0.1, 0.15) is 5.56 Å². The lowest BCUT2D eigenvalue weighted by molar-refractivity contribution is -0.118. The fourth-order valence-electron chi connectivity index (χ4n) is 3.40. The van der Waals surface area contributed by atoms with Gasteiger partial charge in [-0.25, -0.2) is 4.79 Å². The number of fused-ring (bicyclic) bond motifs is 1. The minimum Gasteiger partial charge on any atom is -0.483 e. The lowest BCUT2D eigenvalue weighted by Crippen LogP contribution is -2.21. The Hall–Kier alpha value is -3.16. The number of aryl methyl sites for hydroxylation is 3. The third kappa shape index (κ3) is 4.40. The molecule has 32 heavy (non-hydrogen) atoms. The molecule has 0 bridgehead atoms. The molecule has 6 nitrogen and oxygen atoms in total. The number of para-hydroxylation sites is 1. The smallest absolute Gasteiger partial charge is 0.328 e. The van der Waals surface area contributed by atoms with Crippen LogP contribution in [0.5, 0.6) is 5.75 Å². The molecule has 0 unspecified atom stereocenters. The molecule has 1 amide bonds. The van der Waals surface area contributed by atoms with Gasteiger partial charge in [0, 0.05) is 23.9 Å². The van der Waals surface area contributed by atoms with Crippen LogP contribution in [0.2, 0.25) is 5.02 Å². The van der Waals surface area contributed by atoms with Crippen LogP contribution in [0, 0.1) is 6.92 Å². The Morgan fingerprint density at radius 3 is 2.38 bits per heavy atom. The number of amides is 1. The van der Waals surface area contributed by atoms with Gasteiger partial charge in [-0.3, -0.25) is 13.9 Å². The molecule has 1 heterocycles. The van der Waals surface area contributed by atoms with Gasteiger partial charge in [0.2, 0.25) is 0 Å². The largest absolute Gasteiger partial charge is 0.483 e. The molecule has 1 N–H and O–H groups in total. The van der Waals surface area contributed by atoms with Crippen LogP contribution in [0.25, 0.3) is 11.0 Å². The number of benzene rings is 3. The molecule has 0 saturated carbocycles. The summed E-state index contributed by atoms with van der Waals surface area (Å²) >= 11 is 7.78. The van der Waals surface area contributed by atoms with E-state index in [0.29, 0.717) is 16.5 Å². The highest BCUT2D eigenvalue weighted by Gasteiger charge is 2.16. The Morgan fingerprint density at radius 1 is 1.00 bits per heavy atom. The van der Waals surface area contributed by atoms with E-state index in [1.54, 1.807) is 23.2 Å². The van der Waals surface area contributed by atoms with Gasteiger partial charge < -0.3 is 10.1 Å². The zero-order valence-corrected chi connectivity index (χ0v) is 19.5. The number of carbonyl (C=O) groups is 1. The Morgan fingerprint density at radius 2 is 1.66 bits per heavy atom. The topological polar surface area (TPSA) is 65.3 Å². The molecule has 0 spiro atoms. The van der Waals surface area contributed by atoms with Crippen molar-refractivity contribution in [1.82, 2.24) is 9.13 Å². The number of anilines is 1. The molecule has 0 fully saturated rings. The maximum Gasteiger partial charge on any atom is 0.328 e. The lowest BCUT2D eigenvalue weighted by Gasteiger charge is -2.14. The third-order valence-corrected chi connectivity index (χ3v) is 6.73. The minimum atomic E-state index is -0.297. The molecule has 1 aromatic heterocycles. The highest BCUT2D eigenvalue weighted by Crippen LogP contribution is 2.39. The summed E-state index contributed by atoms with van der Waals surface area (Å²) in [5.74, 6) is 0.365. The van der Waals surface area contributed by atoms with Crippen molar-refractivity contribution in [2.45, 2.75) is 16.7 Å². The predicted octanol–water partition coefficient (Wildman–Crippen LogP) is 5.01. The van der Waals surface area contributed by atoms with Crippen molar-refractivity contribution in [2.24, 2.45) is 14.1 Å². The van der Waals surface area contributed by atoms with Crippen molar-refractivity contribution in [3.8, 4) is 5.75 Å². The van der Waals surface area contributed by atoms with E-state index in [2.05, 4.69) is 5.32 Å². The van der Waals surface area contributed by atoms with Crippen LogP contribution in [-0.2, 0) is 18.9 Å². The summed E-state index contributed by atoms with van der Waals surface area (Å²) in [5, 5.41) is 3.55. The standard InChI is InChI=1S/C24H22ClN3O3S/c1-15-8-4-6-10-20(15)31-14-23(29)26-17-12-18-19(28(3)24(30)27(18)2)13-22(17)32-21-11-7-5-9-16(21)25/h4-13H,14H2,1-3H3,(H,26,29). The first-order valence-electron chi connectivity index (χ1n) is 9.95. The summed E-state index contributed by atoms with van der Waals surface area (Å²) in [4.78, 5) is 26.8. The third-order valence-electron chi connectivity index (χ3n) is 5.16. The number of rotatable bonds is 6. The number of carbonyl (C=O) groups excluding carboxylic acids is 1. The monoisotopic (exact) mass is 467 g/mol. The molecule has 164 valence electrons. The molecule has 0 radical (unpaired) electrons. The van der Waals surface area contributed by atoms with Crippen LogP contribution in [0.4, 0.5) is 5.69 Å². The van der Waals surface area contributed by atoms with E-state index >= 15 is 0 Å². The van der Waals surface area contributed by atoms with Gasteiger partial charge in [0.05, 0.1) is 21.7 Å². The summed E-state index contributed by atoms with van der Waals surface area (Å²) in [6.45, 7) is 1.79. The maximum atomic E-state index is 12.7. The molecule has 0 saturated heterocycles. The van der Waals surface area contributed by atoms with Crippen LogP contribution >= 0.6 is 23.4 Å². The molecule has 8 heteroatoms. The fraction of sp³-hybridized carbons (Fsp3) is 0.167. The summed E-state index contributed by atoms with van der Waals surface area (Å²) in [7, 11) is 3.43. The van der Waals surface area contributed by atoms with Crippen LogP contribution in [0.3, 0.4) is 0 Å². The van der Waals surface area contributed by atoms with Crippen LogP contribution in [-0.4, -0.2) is 21.6 Å². The number of nitrogens with one attached hydrogen (secondary N) is 1. The molecular formula is C24H22ClN3O3S. The Kier molecular flexibility index (Phi) is 6.30. The second kappa shape index (κ2) is 9.14. The van der Waals surface area contributed by atoms with Crippen molar-refractivity contribution < 1.29 is 9.53 Å². The van der Waals surface area contributed by atoms with Crippen molar-refractivity contribution in [3.05, 3.63) is 81.7 Å². The summed E-state index contributed by atoms with van der Waals surface area (Å²) < 4.78 is 8.82. The zero-order valence-electron chi connectivity index (χ0n) is 17.9. The number of halogens is 1. The van der Waals surface area contributed by atoms with Crippen LogP contribution in [0.15, 0.2) is 75.2 Å². The summed E-state index contributed by atoms with van der Waals surface area (Å²) in [6, 6.07) is 18.7. The van der Waals surface area contributed by atoms with Gasteiger partial charge in [-0.1, -0.05) is 53.7 Å². The number of hydrogen-bond acceptors (Lipinski definition) is 4. The minimum absolute atomic E-state index is 0.132. The maximum absolute atomic E-state index is 12.7. The second-order valence-corrected chi connectivity index (χ2v) is 8.86. The molecule has 4 rings (SSSR count). The molecule has 0 aliphatic carbocycles. The Bertz CT molecular complexity index is 1380. The van der Waals surface area contributed by atoms with Crippen molar-refractivity contribution in [1.29, 1.82) is 0 Å². The second-order valence-electron chi connectivity index (χ2n) is 7.37. The van der Waals surface area contributed by atoms with E-state index in [4.69, 9.17) is 16.3 Å². The Balaban J connectivity index is 1.67. The van der Waals surface area contributed by atoms with E-state index in [1.807, 2.05) is 67.6 Å². The summed E-state index contributed by atoms with van der Waals surface area (Å²) in [5.41, 5.74) is 2.88. The van der Waals surface area contributed by atoms with E-state index in [-0.39, 0.29) is 18.2 Å². The van der Waals surface area contributed by atoms with Gasteiger partial charge >= 0.3 is 5.69 Å². The number of aromatic nitrogens is 2. The van der Waals surface area contributed by atoms with Crippen molar-refractivity contribution in [3.63, 3.8) is 0 Å². The van der Waals surface area contributed by atoms with Gasteiger partial charge in [0.25, 0.3) is 5.91 Å². The number of nitrogens with zero attached hydrogens (tertiary/aromatic N) is 2. The Labute approximate surface area is 194 Å². The molecule has 0 aliphatic heterocycles. The van der Waals surface area contributed by atoms with Crippen LogP contribution < -0.4 is 15.7 Å². The van der Waals surface area contributed by atoms with Gasteiger partial charge in [-0.05, 0) is 42.8 Å². The predicted molar refractivity (Wildman–Crippen MR) is 129 cm³/mol. The summed E-state index contributed by atoms with van der Waals surface area (Å²) in [6.07, 6.45) is 0. The zero-order chi connectivity index (χ0) is 22.8. The normalized spacial score (nSPS) is 11.0.